The van der Waals surface area contributed by atoms with Gasteiger partial charge in [0, 0.05) is 12.1 Å². The van der Waals surface area contributed by atoms with Gasteiger partial charge in [0.1, 0.15) is 18.1 Å². The number of aryl methyl sites for hydroxylation is 1. The van der Waals surface area contributed by atoms with E-state index in [-0.39, 0.29) is 11.3 Å². The molecule has 6 nitrogen and oxygen atoms in total. The zero-order valence-corrected chi connectivity index (χ0v) is 20.3. The Labute approximate surface area is 202 Å². The summed E-state index contributed by atoms with van der Waals surface area (Å²) < 4.78 is 5.58. The highest BCUT2D eigenvalue weighted by Crippen LogP contribution is 2.40. The molecule has 2 aromatic rings. The molecule has 0 spiro atoms. The van der Waals surface area contributed by atoms with Crippen molar-refractivity contribution < 1.29 is 19.4 Å². The van der Waals surface area contributed by atoms with Gasteiger partial charge in [-0.15, -0.1) is 0 Å². The quantitative estimate of drug-likeness (QED) is 0.227. The summed E-state index contributed by atoms with van der Waals surface area (Å²) in [5, 5.41) is 11.1. The fourth-order valence-electron chi connectivity index (χ4n) is 4.23. The molecule has 1 N–H and O–H groups in total. The van der Waals surface area contributed by atoms with Crippen LogP contribution in [0.5, 0.6) is 5.75 Å². The van der Waals surface area contributed by atoms with Gasteiger partial charge in [0.15, 0.2) is 0 Å². The average Bonchev–Trinajstić information content (AvgIpc) is 3.10. The van der Waals surface area contributed by atoms with Crippen LogP contribution in [0.1, 0.15) is 43.0 Å². The summed E-state index contributed by atoms with van der Waals surface area (Å²) in [6.45, 7) is 13.3. The van der Waals surface area contributed by atoms with Gasteiger partial charge in [-0.3, -0.25) is 9.59 Å². The Hall–Kier alpha value is -3.38. The zero-order chi connectivity index (χ0) is 24.7. The first kappa shape index (κ1) is 25.2. The molecule has 0 bridgehead atoms. The monoisotopic (exact) mass is 462 g/mol. The lowest BCUT2D eigenvalue weighted by molar-refractivity contribution is -0.140. The van der Waals surface area contributed by atoms with E-state index in [1.807, 2.05) is 31.2 Å². The molecule has 0 aromatic heterocycles. The van der Waals surface area contributed by atoms with Crippen LogP contribution in [0, 0.1) is 6.92 Å². The van der Waals surface area contributed by atoms with Gasteiger partial charge in [-0.05, 0) is 50.7 Å². The first-order valence-electron chi connectivity index (χ1n) is 11.8. The van der Waals surface area contributed by atoms with Crippen LogP contribution >= 0.6 is 0 Å². The Bertz CT molecular complexity index is 1040. The number of carbonyl (C=O) groups is 2. The van der Waals surface area contributed by atoms with Gasteiger partial charge in [0.25, 0.3) is 11.7 Å². The number of ketones is 1. The third-order valence-electron chi connectivity index (χ3n) is 6.20. The van der Waals surface area contributed by atoms with Crippen LogP contribution in [0.15, 0.2) is 66.8 Å². The molecule has 0 saturated carbocycles. The van der Waals surface area contributed by atoms with Crippen LogP contribution in [0.25, 0.3) is 5.76 Å². The van der Waals surface area contributed by atoms with Gasteiger partial charge in [0.05, 0.1) is 11.6 Å². The van der Waals surface area contributed by atoms with Crippen molar-refractivity contribution >= 4 is 17.4 Å². The van der Waals surface area contributed by atoms with E-state index in [4.69, 9.17) is 4.74 Å². The van der Waals surface area contributed by atoms with E-state index in [1.54, 1.807) is 35.2 Å². The van der Waals surface area contributed by atoms with Gasteiger partial charge in [0.2, 0.25) is 0 Å². The number of aliphatic hydroxyl groups excluding tert-OH is 1. The van der Waals surface area contributed by atoms with Crippen LogP contribution in [-0.2, 0) is 9.59 Å². The maximum atomic E-state index is 13.1. The van der Waals surface area contributed by atoms with Gasteiger partial charge in [-0.1, -0.05) is 68.5 Å². The zero-order valence-electron chi connectivity index (χ0n) is 20.3. The molecule has 2 aromatic carbocycles. The van der Waals surface area contributed by atoms with E-state index >= 15 is 0 Å². The number of amides is 1. The summed E-state index contributed by atoms with van der Waals surface area (Å²) in [6, 6.07) is 13.9. The van der Waals surface area contributed by atoms with Crippen molar-refractivity contribution in [2.24, 2.45) is 0 Å². The molecule has 1 fully saturated rings. The molecule has 1 heterocycles. The van der Waals surface area contributed by atoms with E-state index in [2.05, 4.69) is 25.3 Å². The van der Waals surface area contributed by atoms with Gasteiger partial charge in [-0.25, -0.2) is 0 Å². The number of hydrogen-bond acceptors (Lipinski definition) is 5. The third kappa shape index (κ3) is 5.57. The summed E-state index contributed by atoms with van der Waals surface area (Å²) in [5.74, 6) is -0.717. The van der Waals surface area contributed by atoms with Gasteiger partial charge < -0.3 is 19.6 Å². The molecular weight excluding hydrogens is 428 g/mol. The number of nitrogens with zero attached hydrogens (tertiary/aromatic N) is 2. The normalized spacial score (nSPS) is 17.4. The smallest absolute Gasteiger partial charge is 0.295 e. The molecule has 1 amide bonds. The molecule has 1 aliphatic heterocycles. The molecule has 3 rings (SSSR count). The van der Waals surface area contributed by atoms with Crippen molar-refractivity contribution in [2.45, 2.75) is 33.2 Å². The Balaban J connectivity index is 2.00. The second kappa shape index (κ2) is 11.7. The number of carbonyl (C=O) groups excluding carboxylic acids is 2. The second-order valence-corrected chi connectivity index (χ2v) is 8.41. The van der Waals surface area contributed by atoms with Gasteiger partial charge >= 0.3 is 0 Å². The maximum absolute atomic E-state index is 13.1. The fraction of sp³-hybridized carbons (Fsp3) is 0.357. The maximum Gasteiger partial charge on any atom is 0.295 e. The van der Waals surface area contributed by atoms with E-state index in [9.17, 15) is 14.7 Å². The summed E-state index contributed by atoms with van der Waals surface area (Å²) in [5.41, 5.74) is 2.43. The minimum Gasteiger partial charge on any atom is -0.507 e. The number of rotatable bonds is 11. The number of hydrogen-bond donors (Lipinski definition) is 1. The van der Waals surface area contributed by atoms with Crippen LogP contribution in [0.2, 0.25) is 0 Å². The Morgan fingerprint density at radius 1 is 1.09 bits per heavy atom. The average molecular weight is 463 g/mol. The highest BCUT2D eigenvalue weighted by atomic mass is 16.5. The van der Waals surface area contributed by atoms with Crippen molar-refractivity contribution in [1.29, 1.82) is 0 Å². The number of ether oxygens (including phenoxy) is 1. The fourth-order valence-corrected chi connectivity index (χ4v) is 4.23. The largest absolute Gasteiger partial charge is 0.507 e. The molecule has 1 saturated heterocycles. The molecule has 6 heteroatoms. The van der Waals surface area contributed by atoms with E-state index in [0.29, 0.717) is 24.5 Å². The molecule has 1 aliphatic rings. The lowest BCUT2D eigenvalue weighted by Gasteiger charge is -2.27. The Morgan fingerprint density at radius 3 is 2.32 bits per heavy atom. The highest BCUT2D eigenvalue weighted by molar-refractivity contribution is 6.46. The van der Waals surface area contributed by atoms with Gasteiger partial charge in [-0.2, -0.15) is 0 Å². The topological polar surface area (TPSA) is 70.1 Å². The first-order chi connectivity index (χ1) is 16.4. The lowest BCUT2D eigenvalue weighted by Crippen LogP contribution is -2.33. The van der Waals surface area contributed by atoms with Crippen molar-refractivity contribution in [3.63, 3.8) is 0 Å². The van der Waals surface area contributed by atoms with E-state index in [0.717, 1.165) is 37.2 Å². The number of aliphatic hydroxyl groups is 1. The first-order valence-corrected chi connectivity index (χ1v) is 11.8. The molecule has 180 valence electrons. The minimum absolute atomic E-state index is 0.122. The predicted octanol–water partition coefficient (Wildman–Crippen LogP) is 4.71. The van der Waals surface area contributed by atoms with Crippen LogP contribution in [0.4, 0.5) is 0 Å². The second-order valence-electron chi connectivity index (χ2n) is 8.41. The lowest BCUT2D eigenvalue weighted by atomic mass is 9.95. The van der Waals surface area contributed by atoms with Crippen molar-refractivity contribution in [3.05, 3.63) is 83.4 Å². The summed E-state index contributed by atoms with van der Waals surface area (Å²) >= 11 is 0. The third-order valence-corrected chi connectivity index (χ3v) is 6.20. The molecule has 34 heavy (non-hydrogen) atoms. The number of Topliss-reactive ketones (excluding diaryl/α,β-unsaturated/α-hetero) is 1. The number of benzene rings is 2. The van der Waals surface area contributed by atoms with Crippen molar-refractivity contribution in [3.8, 4) is 5.75 Å². The van der Waals surface area contributed by atoms with Crippen LogP contribution < -0.4 is 4.74 Å². The highest BCUT2D eigenvalue weighted by Gasteiger charge is 2.45. The van der Waals surface area contributed by atoms with Crippen LogP contribution in [0.3, 0.4) is 0 Å². The minimum atomic E-state index is -0.661. The predicted molar refractivity (Wildman–Crippen MR) is 135 cm³/mol. The van der Waals surface area contributed by atoms with Crippen molar-refractivity contribution in [2.75, 3.05) is 32.8 Å². The standard InChI is InChI=1S/C28H34N2O4/c1-5-19-34-23-15-13-21(14-16-23)25-24(26(31)22-11-9-20(4)10-12-22)27(32)28(33)30(25)18-8-17-29(6-2)7-3/h5,9-16,25,31H,1,6-8,17-19H2,2-4H3/b26-24+. The Kier molecular flexibility index (Phi) is 8.66. The van der Waals surface area contributed by atoms with Crippen molar-refractivity contribution in [1.82, 2.24) is 9.80 Å². The SMILES string of the molecule is C=CCOc1ccc(C2/C(=C(\O)c3ccc(C)cc3)C(=O)C(=O)N2CCCN(CC)CC)cc1. The molecule has 1 atom stereocenters. The Morgan fingerprint density at radius 2 is 1.74 bits per heavy atom. The number of likely N-dealkylation sites (tertiary alicyclic amines) is 1. The summed E-state index contributed by atoms with van der Waals surface area (Å²) in [7, 11) is 0. The molecular formula is C28H34N2O4. The van der Waals surface area contributed by atoms with Crippen LogP contribution in [-0.4, -0.2) is 59.4 Å². The molecule has 0 aliphatic carbocycles. The molecule has 1 unspecified atom stereocenters. The van der Waals surface area contributed by atoms with E-state index < -0.39 is 17.7 Å². The summed E-state index contributed by atoms with van der Waals surface area (Å²) in [4.78, 5) is 30.1. The summed E-state index contributed by atoms with van der Waals surface area (Å²) in [6.07, 6.45) is 2.40. The molecule has 0 radical (unpaired) electrons. The van der Waals surface area contributed by atoms with E-state index in [1.165, 1.54) is 0 Å².